The van der Waals surface area contributed by atoms with Crippen molar-refractivity contribution in [3.8, 4) is 0 Å². The summed E-state index contributed by atoms with van der Waals surface area (Å²) in [5, 5.41) is 3.53. The lowest BCUT2D eigenvalue weighted by Gasteiger charge is -2.51. The summed E-state index contributed by atoms with van der Waals surface area (Å²) >= 11 is 0. The summed E-state index contributed by atoms with van der Waals surface area (Å²) in [6.45, 7) is 6.09. The van der Waals surface area contributed by atoms with Crippen molar-refractivity contribution in [1.82, 2.24) is 5.32 Å². The van der Waals surface area contributed by atoms with Crippen LogP contribution in [0.4, 0.5) is 0 Å². The van der Waals surface area contributed by atoms with Crippen LogP contribution < -0.4 is 5.32 Å². The average Bonchev–Trinajstić information content (AvgIpc) is 2.39. The third-order valence-corrected chi connectivity index (χ3v) is 4.11. The number of hydrogen-bond donors (Lipinski definition) is 1. The van der Waals surface area contributed by atoms with E-state index in [0.29, 0.717) is 6.61 Å². The van der Waals surface area contributed by atoms with E-state index in [1.165, 1.54) is 25.7 Å². The SMILES string of the molecule is CC1(C)CC2(CO1)NCCC1(CCC1)O2. The first kappa shape index (κ1) is 10.1. The lowest BCUT2D eigenvalue weighted by Crippen LogP contribution is -2.62. The van der Waals surface area contributed by atoms with Crippen molar-refractivity contribution in [2.75, 3.05) is 13.2 Å². The first-order chi connectivity index (χ1) is 7.04. The predicted octanol–water partition coefficient (Wildman–Crippen LogP) is 1.81. The van der Waals surface area contributed by atoms with Crippen LogP contribution in [-0.2, 0) is 9.47 Å². The van der Waals surface area contributed by atoms with E-state index >= 15 is 0 Å². The van der Waals surface area contributed by atoms with Crippen LogP contribution in [0.5, 0.6) is 0 Å². The second kappa shape index (κ2) is 2.96. The molecule has 86 valence electrons. The van der Waals surface area contributed by atoms with Gasteiger partial charge in [-0.2, -0.15) is 0 Å². The van der Waals surface area contributed by atoms with Gasteiger partial charge in [0.05, 0.1) is 17.8 Å². The molecule has 3 nitrogen and oxygen atoms in total. The molecular formula is C12H21NO2. The van der Waals surface area contributed by atoms with Gasteiger partial charge >= 0.3 is 0 Å². The van der Waals surface area contributed by atoms with Crippen LogP contribution in [0.2, 0.25) is 0 Å². The Kier molecular flexibility index (Phi) is 1.99. The first-order valence-electron chi connectivity index (χ1n) is 6.13. The summed E-state index contributed by atoms with van der Waals surface area (Å²) in [6.07, 6.45) is 5.98. The zero-order valence-electron chi connectivity index (χ0n) is 9.77. The van der Waals surface area contributed by atoms with E-state index in [2.05, 4.69) is 19.2 Å². The zero-order valence-corrected chi connectivity index (χ0v) is 9.77. The molecule has 3 rings (SSSR count). The summed E-state index contributed by atoms with van der Waals surface area (Å²) in [4.78, 5) is 0. The Morgan fingerprint density at radius 2 is 1.93 bits per heavy atom. The molecule has 1 aliphatic carbocycles. The highest BCUT2D eigenvalue weighted by Gasteiger charge is 2.54. The van der Waals surface area contributed by atoms with Crippen molar-refractivity contribution < 1.29 is 9.47 Å². The van der Waals surface area contributed by atoms with E-state index in [-0.39, 0.29) is 16.9 Å². The Bertz CT molecular complexity index is 273. The summed E-state index contributed by atoms with van der Waals surface area (Å²) in [5.74, 6) is 0. The van der Waals surface area contributed by atoms with Gasteiger partial charge in [0, 0.05) is 13.0 Å². The molecule has 1 saturated carbocycles. The van der Waals surface area contributed by atoms with E-state index in [1.54, 1.807) is 0 Å². The molecule has 1 N–H and O–H groups in total. The molecule has 2 heterocycles. The van der Waals surface area contributed by atoms with Crippen molar-refractivity contribution in [2.45, 2.75) is 62.9 Å². The van der Waals surface area contributed by atoms with Crippen LogP contribution in [0.15, 0.2) is 0 Å². The lowest BCUT2D eigenvalue weighted by molar-refractivity contribution is -0.228. The van der Waals surface area contributed by atoms with Gasteiger partial charge in [0.1, 0.15) is 5.72 Å². The first-order valence-corrected chi connectivity index (χ1v) is 6.13. The average molecular weight is 211 g/mol. The molecule has 3 heteroatoms. The maximum absolute atomic E-state index is 6.36. The maximum atomic E-state index is 6.36. The Balaban J connectivity index is 1.76. The van der Waals surface area contributed by atoms with E-state index in [9.17, 15) is 0 Å². The lowest BCUT2D eigenvalue weighted by atomic mass is 9.76. The van der Waals surface area contributed by atoms with Gasteiger partial charge in [-0.1, -0.05) is 0 Å². The minimum Gasteiger partial charge on any atom is -0.371 e. The van der Waals surface area contributed by atoms with Gasteiger partial charge in [0.25, 0.3) is 0 Å². The molecule has 2 aliphatic heterocycles. The molecule has 0 aromatic rings. The van der Waals surface area contributed by atoms with E-state index < -0.39 is 0 Å². The predicted molar refractivity (Wildman–Crippen MR) is 57.7 cm³/mol. The van der Waals surface area contributed by atoms with E-state index in [1.807, 2.05) is 0 Å². The van der Waals surface area contributed by atoms with Gasteiger partial charge in [-0.25, -0.2) is 0 Å². The standard InChI is InChI=1S/C12H21NO2/c1-10(2)8-12(9-14-10)13-7-6-11(15-12)4-3-5-11/h13H,3-9H2,1-2H3. The summed E-state index contributed by atoms with van der Waals surface area (Å²) in [7, 11) is 0. The number of ether oxygens (including phenoxy) is 2. The fourth-order valence-corrected chi connectivity index (χ4v) is 3.22. The van der Waals surface area contributed by atoms with Crippen LogP contribution in [0, 0.1) is 0 Å². The molecule has 0 aromatic heterocycles. The van der Waals surface area contributed by atoms with Gasteiger partial charge in [0.15, 0.2) is 0 Å². The molecule has 3 fully saturated rings. The third kappa shape index (κ3) is 1.61. The highest BCUT2D eigenvalue weighted by molar-refractivity contribution is 5.02. The minimum atomic E-state index is -0.178. The Morgan fingerprint density at radius 1 is 1.13 bits per heavy atom. The summed E-state index contributed by atoms with van der Waals surface area (Å²) in [6, 6.07) is 0. The molecule has 0 aromatic carbocycles. The highest BCUT2D eigenvalue weighted by atomic mass is 16.6. The molecular weight excluding hydrogens is 190 g/mol. The Morgan fingerprint density at radius 3 is 2.47 bits per heavy atom. The Labute approximate surface area is 91.5 Å². The van der Waals surface area contributed by atoms with Crippen LogP contribution >= 0.6 is 0 Å². The van der Waals surface area contributed by atoms with Gasteiger partial charge in [-0.15, -0.1) is 0 Å². The van der Waals surface area contributed by atoms with Crippen LogP contribution in [0.3, 0.4) is 0 Å². The Hall–Kier alpha value is -0.120. The normalized spacial score (nSPS) is 42.0. The number of nitrogens with one attached hydrogen (secondary N) is 1. The minimum absolute atomic E-state index is 0.0325. The fraction of sp³-hybridized carbons (Fsp3) is 1.00. The smallest absolute Gasteiger partial charge is 0.146 e. The van der Waals surface area contributed by atoms with Crippen molar-refractivity contribution >= 4 is 0 Å². The van der Waals surface area contributed by atoms with Crippen molar-refractivity contribution in [1.29, 1.82) is 0 Å². The second-order valence-corrected chi connectivity index (χ2v) is 6.03. The van der Waals surface area contributed by atoms with Crippen LogP contribution in [0.1, 0.15) is 46.0 Å². The molecule has 0 radical (unpaired) electrons. The topological polar surface area (TPSA) is 30.5 Å². The van der Waals surface area contributed by atoms with Crippen molar-refractivity contribution in [3.05, 3.63) is 0 Å². The summed E-state index contributed by atoms with van der Waals surface area (Å²) in [5.41, 5.74) is -0.00746. The molecule has 2 spiro atoms. The van der Waals surface area contributed by atoms with E-state index in [0.717, 1.165) is 13.0 Å². The highest BCUT2D eigenvalue weighted by Crippen LogP contribution is 2.47. The quantitative estimate of drug-likeness (QED) is 0.663. The monoisotopic (exact) mass is 211 g/mol. The maximum Gasteiger partial charge on any atom is 0.146 e. The molecule has 3 aliphatic rings. The molecule has 15 heavy (non-hydrogen) atoms. The van der Waals surface area contributed by atoms with Gasteiger partial charge in [-0.05, 0) is 39.5 Å². The van der Waals surface area contributed by atoms with E-state index in [4.69, 9.17) is 9.47 Å². The second-order valence-electron chi connectivity index (χ2n) is 6.03. The number of rotatable bonds is 0. The van der Waals surface area contributed by atoms with Crippen molar-refractivity contribution in [2.24, 2.45) is 0 Å². The molecule has 2 saturated heterocycles. The fourth-order valence-electron chi connectivity index (χ4n) is 3.22. The summed E-state index contributed by atoms with van der Waals surface area (Å²) < 4.78 is 12.2. The van der Waals surface area contributed by atoms with Crippen molar-refractivity contribution in [3.63, 3.8) is 0 Å². The molecule has 0 amide bonds. The molecule has 1 atom stereocenters. The number of hydrogen-bond acceptors (Lipinski definition) is 3. The molecule has 1 unspecified atom stereocenters. The molecule has 0 bridgehead atoms. The third-order valence-electron chi connectivity index (χ3n) is 4.11. The van der Waals surface area contributed by atoms with Gasteiger partial charge in [0.2, 0.25) is 0 Å². The van der Waals surface area contributed by atoms with Gasteiger partial charge in [-0.3, -0.25) is 5.32 Å². The largest absolute Gasteiger partial charge is 0.371 e. The van der Waals surface area contributed by atoms with Gasteiger partial charge < -0.3 is 9.47 Å². The van der Waals surface area contributed by atoms with Crippen LogP contribution in [0.25, 0.3) is 0 Å². The van der Waals surface area contributed by atoms with Crippen LogP contribution in [-0.4, -0.2) is 30.1 Å². The zero-order chi connectivity index (χ0) is 10.6.